The van der Waals surface area contributed by atoms with Gasteiger partial charge < -0.3 is 19.6 Å². The van der Waals surface area contributed by atoms with Crippen LogP contribution in [-0.4, -0.2) is 44.7 Å². The molecular formula is C23H21FN4O4. The van der Waals surface area contributed by atoms with Gasteiger partial charge in [0.15, 0.2) is 5.65 Å². The first-order valence-corrected chi connectivity index (χ1v) is 9.80. The predicted molar refractivity (Wildman–Crippen MR) is 116 cm³/mol. The van der Waals surface area contributed by atoms with Crippen LogP contribution in [0.4, 0.5) is 4.39 Å². The highest BCUT2D eigenvalue weighted by atomic mass is 19.1. The molecule has 0 aliphatic heterocycles. The van der Waals surface area contributed by atoms with Gasteiger partial charge in [0.1, 0.15) is 18.2 Å². The highest BCUT2D eigenvalue weighted by Crippen LogP contribution is 2.28. The van der Waals surface area contributed by atoms with Crippen LogP contribution in [0, 0.1) is 11.2 Å². The van der Waals surface area contributed by atoms with Crippen LogP contribution in [-0.2, 0) is 4.79 Å². The Bertz CT molecular complexity index is 1290. The number of rotatable bonds is 7. The van der Waals surface area contributed by atoms with Gasteiger partial charge in [-0.3, -0.25) is 4.79 Å². The molecule has 0 bridgehead atoms. The summed E-state index contributed by atoms with van der Waals surface area (Å²) in [5.74, 6) is -0.308. The molecule has 8 nitrogen and oxygen atoms in total. The Labute approximate surface area is 183 Å². The zero-order chi connectivity index (χ0) is 22.9. The lowest BCUT2D eigenvalue weighted by atomic mass is 9.95. The van der Waals surface area contributed by atoms with Gasteiger partial charge in [0.2, 0.25) is 11.8 Å². The van der Waals surface area contributed by atoms with Gasteiger partial charge in [-0.1, -0.05) is 6.07 Å². The molecule has 2 N–H and O–H groups in total. The molecule has 0 atom stereocenters. The lowest BCUT2D eigenvalue weighted by molar-refractivity contribution is -0.148. The van der Waals surface area contributed by atoms with E-state index in [0.717, 1.165) is 0 Å². The topological polar surface area (TPSA) is 110 Å². The Kier molecular flexibility index (Phi) is 5.48. The standard InChI is InChI=1S/C23H21FN4O4/c1-23(2,22(29)30)12-32-18-8-5-14(11-25-18)13-4-6-15(16(24)10-13)20-26-17-7-9-19(31-3)27-21(17)28-20/h4-11H,12H2,1-3H3,(H,29,30)(H,26,27,28). The number of aromatic nitrogens is 4. The van der Waals surface area contributed by atoms with Crippen molar-refractivity contribution in [3.05, 3.63) is 54.5 Å². The fraction of sp³-hybridized carbons (Fsp3) is 0.217. The van der Waals surface area contributed by atoms with Gasteiger partial charge in [-0.15, -0.1) is 0 Å². The van der Waals surface area contributed by atoms with E-state index >= 15 is 0 Å². The minimum atomic E-state index is -1.03. The van der Waals surface area contributed by atoms with Crippen molar-refractivity contribution in [3.8, 4) is 34.3 Å². The Morgan fingerprint density at radius 3 is 2.50 bits per heavy atom. The average molecular weight is 436 g/mol. The van der Waals surface area contributed by atoms with Crippen LogP contribution < -0.4 is 9.47 Å². The Balaban J connectivity index is 1.54. The molecule has 0 radical (unpaired) electrons. The second-order valence-electron chi connectivity index (χ2n) is 7.87. The van der Waals surface area contributed by atoms with Gasteiger partial charge in [-0.05, 0) is 43.7 Å². The summed E-state index contributed by atoms with van der Waals surface area (Å²) in [7, 11) is 1.52. The summed E-state index contributed by atoms with van der Waals surface area (Å²) in [6.07, 6.45) is 1.55. The van der Waals surface area contributed by atoms with Crippen LogP contribution in [0.15, 0.2) is 48.7 Å². The molecule has 4 aromatic rings. The summed E-state index contributed by atoms with van der Waals surface area (Å²) in [6.45, 7) is 3.13. The van der Waals surface area contributed by atoms with Gasteiger partial charge in [0.25, 0.3) is 0 Å². The number of hydrogen-bond acceptors (Lipinski definition) is 6. The maximum absolute atomic E-state index is 14.9. The maximum Gasteiger partial charge on any atom is 0.312 e. The monoisotopic (exact) mass is 436 g/mol. The quantitative estimate of drug-likeness (QED) is 0.444. The molecule has 3 aromatic heterocycles. The largest absolute Gasteiger partial charge is 0.481 e. The summed E-state index contributed by atoms with van der Waals surface area (Å²) < 4.78 is 25.5. The molecule has 9 heteroatoms. The maximum atomic E-state index is 14.9. The number of carbonyl (C=O) groups is 1. The first kappa shape index (κ1) is 21.2. The van der Waals surface area contributed by atoms with E-state index < -0.39 is 17.2 Å². The van der Waals surface area contributed by atoms with Crippen LogP contribution in [0.3, 0.4) is 0 Å². The Morgan fingerprint density at radius 2 is 1.84 bits per heavy atom. The van der Waals surface area contributed by atoms with Crippen LogP contribution in [0.5, 0.6) is 11.8 Å². The number of nitrogens with one attached hydrogen (secondary N) is 1. The fourth-order valence-corrected chi connectivity index (χ4v) is 2.96. The number of carboxylic acids is 1. The number of methoxy groups -OCH3 is 1. The molecule has 164 valence electrons. The molecule has 0 fully saturated rings. The van der Waals surface area contributed by atoms with Crippen molar-refractivity contribution in [2.24, 2.45) is 5.41 Å². The van der Waals surface area contributed by atoms with E-state index in [4.69, 9.17) is 14.6 Å². The van der Waals surface area contributed by atoms with Crippen molar-refractivity contribution in [2.45, 2.75) is 13.8 Å². The summed E-state index contributed by atoms with van der Waals surface area (Å²) in [6, 6.07) is 11.6. The van der Waals surface area contributed by atoms with Gasteiger partial charge >= 0.3 is 5.97 Å². The molecule has 0 saturated heterocycles. The first-order valence-electron chi connectivity index (χ1n) is 9.80. The predicted octanol–water partition coefficient (Wildman–Crippen LogP) is 4.32. The van der Waals surface area contributed by atoms with Crippen molar-refractivity contribution in [1.29, 1.82) is 0 Å². The number of aliphatic carboxylic acids is 1. The number of nitrogens with zero attached hydrogens (tertiary/aromatic N) is 3. The summed E-state index contributed by atoms with van der Waals surface area (Å²) in [4.78, 5) is 27.0. The number of halogens is 1. The minimum absolute atomic E-state index is 0.0176. The molecule has 3 heterocycles. The van der Waals surface area contributed by atoms with Gasteiger partial charge in [-0.2, -0.15) is 4.98 Å². The highest BCUT2D eigenvalue weighted by molar-refractivity contribution is 5.77. The Hall–Kier alpha value is -4.01. The third-order valence-electron chi connectivity index (χ3n) is 4.98. The molecule has 0 amide bonds. The van der Waals surface area contributed by atoms with E-state index in [0.29, 0.717) is 45.4 Å². The average Bonchev–Trinajstić information content (AvgIpc) is 3.20. The number of H-pyrrole nitrogens is 1. The lowest BCUT2D eigenvalue weighted by Crippen LogP contribution is -2.30. The molecule has 0 unspecified atom stereocenters. The lowest BCUT2D eigenvalue weighted by Gasteiger charge is -2.19. The number of pyridine rings is 2. The molecule has 0 spiro atoms. The molecule has 0 aliphatic carbocycles. The molecule has 0 aliphatic rings. The second-order valence-corrected chi connectivity index (χ2v) is 7.87. The molecule has 0 saturated carbocycles. The second kappa shape index (κ2) is 8.26. The van der Waals surface area contributed by atoms with E-state index in [1.165, 1.54) is 13.2 Å². The van der Waals surface area contributed by atoms with Crippen molar-refractivity contribution < 1.29 is 23.8 Å². The minimum Gasteiger partial charge on any atom is -0.481 e. The zero-order valence-corrected chi connectivity index (χ0v) is 17.7. The summed E-state index contributed by atoms with van der Waals surface area (Å²) in [5.41, 5.74) is 1.72. The summed E-state index contributed by atoms with van der Waals surface area (Å²) in [5, 5.41) is 9.16. The van der Waals surface area contributed by atoms with E-state index in [9.17, 15) is 9.18 Å². The molecule has 1 aromatic carbocycles. The third kappa shape index (κ3) is 4.22. The van der Waals surface area contributed by atoms with Crippen molar-refractivity contribution in [1.82, 2.24) is 19.9 Å². The van der Waals surface area contributed by atoms with Crippen LogP contribution in [0.2, 0.25) is 0 Å². The number of imidazole rings is 1. The number of benzene rings is 1. The van der Waals surface area contributed by atoms with Crippen LogP contribution >= 0.6 is 0 Å². The number of ether oxygens (including phenoxy) is 2. The highest BCUT2D eigenvalue weighted by Gasteiger charge is 2.28. The smallest absolute Gasteiger partial charge is 0.312 e. The van der Waals surface area contributed by atoms with E-state index in [2.05, 4.69) is 19.9 Å². The number of carboxylic acid groups (broad SMARTS) is 1. The number of aromatic amines is 1. The fourth-order valence-electron chi connectivity index (χ4n) is 2.96. The van der Waals surface area contributed by atoms with E-state index in [-0.39, 0.29) is 6.61 Å². The van der Waals surface area contributed by atoms with Gasteiger partial charge in [0.05, 0.1) is 23.6 Å². The van der Waals surface area contributed by atoms with E-state index in [1.807, 2.05) is 0 Å². The Morgan fingerprint density at radius 1 is 1.09 bits per heavy atom. The molecular weight excluding hydrogens is 415 g/mol. The first-order chi connectivity index (χ1) is 15.3. The molecule has 32 heavy (non-hydrogen) atoms. The number of hydrogen-bond donors (Lipinski definition) is 2. The third-order valence-corrected chi connectivity index (χ3v) is 4.98. The van der Waals surface area contributed by atoms with Crippen LogP contribution in [0.1, 0.15) is 13.8 Å². The van der Waals surface area contributed by atoms with Gasteiger partial charge in [-0.25, -0.2) is 14.4 Å². The van der Waals surface area contributed by atoms with Crippen molar-refractivity contribution in [3.63, 3.8) is 0 Å². The SMILES string of the molecule is COc1ccc2[nH]c(-c3ccc(-c4ccc(OCC(C)(C)C(=O)O)nc4)cc3F)nc2n1. The van der Waals surface area contributed by atoms with Crippen LogP contribution in [0.25, 0.3) is 33.7 Å². The normalized spacial score (nSPS) is 11.5. The van der Waals surface area contributed by atoms with E-state index in [1.54, 1.807) is 56.4 Å². The summed E-state index contributed by atoms with van der Waals surface area (Å²) >= 11 is 0. The zero-order valence-electron chi connectivity index (χ0n) is 17.7. The van der Waals surface area contributed by atoms with Crippen molar-refractivity contribution >= 4 is 17.1 Å². The van der Waals surface area contributed by atoms with Crippen molar-refractivity contribution in [2.75, 3.05) is 13.7 Å². The molecule has 4 rings (SSSR count). The number of fused-ring (bicyclic) bond motifs is 1. The van der Waals surface area contributed by atoms with Gasteiger partial charge in [0, 0.05) is 23.9 Å².